The average molecular weight is 314 g/mol. The van der Waals surface area contributed by atoms with Crippen molar-refractivity contribution >= 4 is 11.8 Å². The van der Waals surface area contributed by atoms with E-state index >= 15 is 0 Å². The van der Waals surface area contributed by atoms with Crippen LogP contribution in [0, 0.1) is 0 Å². The number of nitrogens with one attached hydrogen (secondary N) is 1. The predicted octanol–water partition coefficient (Wildman–Crippen LogP) is 2.72. The molecule has 0 bridgehead atoms. The van der Waals surface area contributed by atoms with E-state index in [-0.39, 0.29) is 11.8 Å². The van der Waals surface area contributed by atoms with Gasteiger partial charge in [0, 0.05) is 13.0 Å². The van der Waals surface area contributed by atoms with Gasteiger partial charge in [-0.1, -0.05) is 37.3 Å². The van der Waals surface area contributed by atoms with E-state index in [4.69, 9.17) is 4.42 Å². The summed E-state index contributed by atoms with van der Waals surface area (Å²) in [4.78, 5) is 26.2. The molecule has 1 atom stereocenters. The summed E-state index contributed by atoms with van der Waals surface area (Å²) in [6.07, 6.45) is 1.93. The molecule has 2 aromatic rings. The van der Waals surface area contributed by atoms with Gasteiger partial charge in [0.1, 0.15) is 11.8 Å². The van der Waals surface area contributed by atoms with Gasteiger partial charge in [0.05, 0.1) is 12.8 Å². The molecule has 0 radical (unpaired) electrons. The van der Waals surface area contributed by atoms with Crippen molar-refractivity contribution in [2.75, 3.05) is 0 Å². The van der Waals surface area contributed by atoms with Crippen molar-refractivity contribution in [2.45, 2.75) is 39.4 Å². The predicted molar refractivity (Wildman–Crippen MR) is 87.3 cm³/mol. The highest BCUT2D eigenvalue weighted by Crippen LogP contribution is 2.11. The summed E-state index contributed by atoms with van der Waals surface area (Å²) in [5.74, 6) is 0.440. The topological polar surface area (TPSA) is 62.6 Å². The minimum Gasteiger partial charge on any atom is -0.467 e. The molecule has 0 saturated carbocycles. The van der Waals surface area contributed by atoms with Gasteiger partial charge in [-0.3, -0.25) is 9.59 Å². The summed E-state index contributed by atoms with van der Waals surface area (Å²) in [5.41, 5.74) is 1.000. The minimum absolute atomic E-state index is 0.0468. The molecule has 5 heteroatoms. The third kappa shape index (κ3) is 4.71. The van der Waals surface area contributed by atoms with Gasteiger partial charge in [-0.2, -0.15) is 0 Å². The average Bonchev–Trinajstić information content (AvgIpc) is 3.10. The molecule has 1 heterocycles. The Labute approximate surface area is 136 Å². The van der Waals surface area contributed by atoms with Crippen LogP contribution in [0.15, 0.2) is 53.1 Å². The molecule has 0 spiro atoms. The lowest BCUT2D eigenvalue weighted by atomic mass is 10.1. The molecule has 122 valence electrons. The smallest absolute Gasteiger partial charge is 0.242 e. The molecule has 2 amide bonds. The molecular weight excluding hydrogens is 292 g/mol. The Morgan fingerprint density at radius 1 is 1.17 bits per heavy atom. The van der Waals surface area contributed by atoms with Crippen molar-refractivity contribution in [3.8, 4) is 0 Å². The van der Waals surface area contributed by atoms with Crippen molar-refractivity contribution in [3.05, 3.63) is 60.1 Å². The number of hydrogen-bond acceptors (Lipinski definition) is 3. The molecule has 1 aromatic heterocycles. The van der Waals surface area contributed by atoms with Crippen LogP contribution in [-0.2, 0) is 22.7 Å². The van der Waals surface area contributed by atoms with E-state index in [0.29, 0.717) is 25.3 Å². The van der Waals surface area contributed by atoms with Gasteiger partial charge >= 0.3 is 0 Å². The van der Waals surface area contributed by atoms with E-state index in [9.17, 15) is 9.59 Å². The fraction of sp³-hybridized carbons (Fsp3) is 0.333. The molecule has 0 unspecified atom stereocenters. The van der Waals surface area contributed by atoms with Gasteiger partial charge in [-0.15, -0.1) is 0 Å². The minimum atomic E-state index is -0.544. The van der Waals surface area contributed by atoms with Crippen molar-refractivity contribution in [1.82, 2.24) is 10.2 Å². The molecule has 0 fully saturated rings. The SMILES string of the molecule is CCC(=O)N(Cc1ccccc1)[C@@H](C)C(=O)NCc1ccco1. The normalized spacial score (nSPS) is 11.7. The standard InChI is InChI=1S/C18H22N2O3/c1-3-17(21)20(13-15-8-5-4-6-9-15)14(2)18(22)19-12-16-10-7-11-23-16/h4-11,14H,3,12-13H2,1-2H3,(H,19,22)/t14-/m0/s1. The second-order valence-corrected chi connectivity index (χ2v) is 5.33. The van der Waals surface area contributed by atoms with Crippen LogP contribution in [0.1, 0.15) is 31.6 Å². The third-order valence-corrected chi connectivity index (χ3v) is 3.68. The van der Waals surface area contributed by atoms with Crippen LogP contribution in [0.5, 0.6) is 0 Å². The Morgan fingerprint density at radius 2 is 1.91 bits per heavy atom. The van der Waals surface area contributed by atoms with Crippen molar-refractivity contribution < 1.29 is 14.0 Å². The first kappa shape index (κ1) is 16.8. The van der Waals surface area contributed by atoms with Crippen molar-refractivity contribution in [3.63, 3.8) is 0 Å². The first-order valence-corrected chi connectivity index (χ1v) is 7.75. The second-order valence-electron chi connectivity index (χ2n) is 5.33. The van der Waals surface area contributed by atoms with Crippen LogP contribution >= 0.6 is 0 Å². The molecule has 23 heavy (non-hydrogen) atoms. The monoisotopic (exact) mass is 314 g/mol. The van der Waals surface area contributed by atoms with E-state index in [1.807, 2.05) is 30.3 Å². The lowest BCUT2D eigenvalue weighted by Gasteiger charge is -2.28. The quantitative estimate of drug-likeness (QED) is 0.854. The molecule has 5 nitrogen and oxygen atoms in total. The Kier molecular flexibility index (Phi) is 5.97. The number of carbonyl (C=O) groups is 2. The summed E-state index contributed by atoms with van der Waals surface area (Å²) < 4.78 is 5.19. The summed E-state index contributed by atoms with van der Waals surface area (Å²) >= 11 is 0. The molecule has 0 aliphatic heterocycles. The molecule has 2 rings (SSSR count). The van der Waals surface area contributed by atoms with Gasteiger partial charge in [0.2, 0.25) is 11.8 Å². The van der Waals surface area contributed by atoms with Crippen molar-refractivity contribution in [1.29, 1.82) is 0 Å². The first-order valence-electron chi connectivity index (χ1n) is 7.75. The van der Waals surface area contributed by atoms with E-state index in [1.54, 1.807) is 37.1 Å². The van der Waals surface area contributed by atoms with Crippen LogP contribution in [-0.4, -0.2) is 22.8 Å². The summed E-state index contributed by atoms with van der Waals surface area (Å²) in [5, 5.41) is 2.80. The highest BCUT2D eigenvalue weighted by atomic mass is 16.3. The number of benzene rings is 1. The van der Waals surface area contributed by atoms with Gasteiger partial charge in [-0.25, -0.2) is 0 Å². The summed E-state index contributed by atoms with van der Waals surface area (Å²) in [7, 11) is 0. The third-order valence-electron chi connectivity index (χ3n) is 3.68. The molecular formula is C18H22N2O3. The molecule has 0 aliphatic carbocycles. The van der Waals surface area contributed by atoms with E-state index < -0.39 is 6.04 Å². The van der Waals surface area contributed by atoms with Crippen molar-refractivity contribution in [2.24, 2.45) is 0 Å². The Morgan fingerprint density at radius 3 is 2.52 bits per heavy atom. The summed E-state index contributed by atoms with van der Waals surface area (Å²) in [6, 6.07) is 12.7. The van der Waals surface area contributed by atoms with Crippen LogP contribution < -0.4 is 5.32 Å². The maximum atomic E-state index is 12.3. The number of furan rings is 1. The Hall–Kier alpha value is -2.56. The maximum Gasteiger partial charge on any atom is 0.242 e. The Balaban J connectivity index is 2.01. The van der Waals surface area contributed by atoms with Gasteiger partial charge in [0.15, 0.2) is 0 Å². The van der Waals surface area contributed by atoms with E-state index in [0.717, 1.165) is 5.56 Å². The second kappa shape index (κ2) is 8.17. The maximum absolute atomic E-state index is 12.3. The highest BCUT2D eigenvalue weighted by molar-refractivity contribution is 5.87. The van der Waals surface area contributed by atoms with Gasteiger partial charge in [0.25, 0.3) is 0 Å². The lowest BCUT2D eigenvalue weighted by Crippen LogP contribution is -2.47. The Bertz CT molecular complexity index is 623. The number of rotatable bonds is 7. The largest absolute Gasteiger partial charge is 0.467 e. The number of nitrogens with zero attached hydrogens (tertiary/aromatic N) is 1. The zero-order chi connectivity index (χ0) is 16.7. The zero-order valence-electron chi connectivity index (χ0n) is 13.5. The number of amides is 2. The highest BCUT2D eigenvalue weighted by Gasteiger charge is 2.24. The van der Waals surface area contributed by atoms with Crippen LogP contribution in [0.3, 0.4) is 0 Å². The van der Waals surface area contributed by atoms with E-state index in [1.165, 1.54) is 0 Å². The number of hydrogen-bond donors (Lipinski definition) is 1. The molecule has 1 N–H and O–H groups in total. The molecule has 0 aliphatic rings. The zero-order valence-corrected chi connectivity index (χ0v) is 13.5. The molecule has 0 saturated heterocycles. The fourth-order valence-corrected chi connectivity index (χ4v) is 2.30. The van der Waals surface area contributed by atoms with Crippen LogP contribution in [0.4, 0.5) is 0 Å². The molecule has 1 aromatic carbocycles. The van der Waals surface area contributed by atoms with Crippen LogP contribution in [0.25, 0.3) is 0 Å². The fourth-order valence-electron chi connectivity index (χ4n) is 2.30. The number of carbonyl (C=O) groups excluding carboxylic acids is 2. The van der Waals surface area contributed by atoms with Gasteiger partial charge < -0.3 is 14.6 Å². The van der Waals surface area contributed by atoms with Gasteiger partial charge in [-0.05, 0) is 24.6 Å². The lowest BCUT2D eigenvalue weighted by molar-refractivity contribution is -0.140. The van der Waals surface area contributed by atoms with E-state index in [2.05, 4.69) is 5.32 Å². The summed E-state index contributed by atoms with van der Waals surface area (Å²) in [6.45, 7) is 4.28. The first-order chi connectivity index (χ1) is 11.1. The van der Waals surface area contributed by atoms with Crippen LogP contribution in [0.2, 0.25) is 0 Å².